The van der Waals surface area contributed by atoms with E-state index in [9.17, 15) is 8.78 Å². The molecule has 0 N–H and O–H groups in total. The molecule has 0 radical (unpaired) electrons. The van der Waals surface area contributed by atoms with Crippen LogP contribution in [0.4, 0.5) is 8.78 Å². The summed E-state index contributed by atoms with van der Waals surface area (Å²) in [6.07, 6.45) is 4.51. The van der Waals surface area contributed by atoms with Gasteiger partial charge in [0.2, 0.25) is 0 Å². The fraction of sp³-hybridized carbons (Fsp3) is 0.167. The Morgan fingerprint density at radius 3 is 2.08 bits per heavy atom. The fourth-order valence-electron chi connectivity index (χ4n) is 2.99. The van der Waals surface area contributed by atoms with Crippen LogP contribution in [0.25, 0.3) is 22.4 Å². The summed E-state index contributed by atoms with van der Waals surface area (Å²) in [6, 6.07) is 18.1. The largest absolute Gasteiger partial charge is 0.203 e. The van der Waals surface area contributed by atoms with Crippen LogP contribution in [0.2, 0.25) is 0 Å². The number of halogens is 2. The van der Waals surface area contributed by atoms with Gasteiger partial charge in [-0.05, 0) is 47.2 Å². The summed E-state index contributed by atoms with van der Waals surface area (Å²) in [5, 5.41) is 1.94. The van der Waals surface area contributed by atoms with Crippen molar-refractivity contribution in [1.82, 2.24) is 0 Å². The van der Waals surface area contributed by atoms with Crippen LogP contribution in [-0.2, 0) is 12.8 Å². The molecule has 0 saturated heterocycles. The molecule has 0 unspecified atom stereocenters. The van der Waals surface area contributed by atoms with Crippen molar-refractivity contribution in [2.45, 2.75) is 26.2 Å². The summed E-state index contributed by atoms with van der Waals surface area (Å²) in [7, 11) is 0. The highest BCUT2D eigenvalue weighted by atomic mass is 19.2. The second kappa shape index (κ2) is 8.09. The molecule has 2 heteroatoms. The minimum absolute atomic E-state index is 0.256. The van der Waals surface area contributed by atoms with E-state index in [0.29, 0.717) is 0 Å². The summed E-state index contributed by atoms with van der Waals surface area (Å²) in [5.41, 5.74) is 2.82. The van der Waals surface area contributed by atoms with Crippen molar-refractivity contribution in [3.8, 4) is 0 Å². The Balaban J connectivity index is 1.91. The van der Waals surface area contributed by atoms with Crippen LogP contribution in [0.1, 0.15) is 35.6 Å². The number of rotatable bonds is 6. The molecule has 3 aromatic carbocycles. The lowest BCUT2D eigenvalue weighted by Crippen LogP contribution is -1.88. The molecule has 0 spiro atoms. The first-order valence-electron chi connectivity index (χ1n) is 8.91. The maximum absolute atomic E-state index is 14.7. The lowest BCUT2D eigenvalue weighted by atomic mass is 10.0. The molecule has 0 aliphatic rings. The van der Waals surface area contributed by atoms with Gasteiger partial charge in [-0.2, -0.15) is 0 Å². The second-order valence-electron chi connectivity index (χ2n) is 6.40. The third kappa shape index (κ3) is 3.91. The highest BCUT2D eigenvalue weighted by molar-refractivity contribution is 5.90. The number of hydrogen-bond acceptors (Lipinski definition) is 0. The molecular weight excluding hydrogens is 326 g/mol. The fourth-order valence-corrected chi connectivity index (χ4v) is 2.99. The Bertz CT molecular complexity index is 950. The van der Waals surface area contributed by atoms with E-state index in [1.807, 2.05) is 36.4 Å². The van der Waals surface area contributed by atoms with Crippen LogP contribution in [0.3, 0.4) is 0 Å². The molecule has 132 valence electrons. The molecule has 3 rings (SSSR count). The van der Waals surface area contributed by atoms with Gasteiger partial charge in [0.05, 0.1) is 0 Å². The Hall–Kier alpha value is -2.74. The minimum atomic E-state index is -0.829. The maximum Gasteiger partial charge on any atom is 0.166 e. The van der Waals surface area contributed by atoms with E-state index in [1.165, 1.54) is 5.56 Å². The van der Waals surface area contributed by atoms with Crippen molar-refractivity contribution >= 4 is 22.4 Å². The molecule has 0 amide bonds. The van der Waals surface area contributed by atoms with E-state index in [4.69, 9.17) is 0 Å². The van der Waals surface area contributed by atoms with Crippen LogP contribution in [0, 0.1) is 0 Å². The molecular formula is C24H22F2. The number of allylic oxidation sites excluding steroid dienone is 1. The topological polar surface area (TPSA) is 0 Å². The highest BCUT2D eigenvalue weighted by Gasteiger charge is 2.12. The van der Waals surface area contributed by atoms with Gasteiger partial charge in [-0.1, -0.05) is 67.6 Å². The monoisotopic (exact) mass is 348 g/mol. The average molecular weight is 348 g/mol. The molecule has 0 aliphatic carbocycles. The van der Waals surface area contributed by atoms with Gasteiger partial charge < -0.3 is 0 Å². The SMILES string of the molecule is C=CCCc1ccc(C(F)=C(F)c2ccc3cc(CC)ccc3c2)cc1. The van der Waals surface area contributed by atoms with Crippen LogP contribution < -0.4 is 0 Å². The number of hydrogen-bond donors (Lipinski definition) is 0. The molecule has 0 heterocycles. The quantitative estimate of drug-likeness (QED) is 0.324. The summed E-state index contributed by atoms with van der Waals surface area (Å²) >= 11 is 0. The van der Waals surface area contributed by atoms with Crippen molar-refractivity contribution in [3.05, 3.63) is 95.6 Å². The van der Waals surface area contributed by atoms with Gasteiger partial charge in [-0.3, -0.25) is 0 Å². The summed E-state index contributed by atoms with van der Waals surface area (Å²) in [4.78, 5) is 0. The third-order valence-corrected chi connectivity index (χ3v) is 4.60. The maximum atomic E-state index is 14.7. The summed E-state index contributed by atoms with van der Waals surface area (Å²) in [6.45, 7) is 5.79. The Labute approximate surface area is 153 Å². The predicted molar refractivity (Wildman–Crippen MR) is 107 cm³/mol. The number of benzene rings is 3. The lowest BCUT2D eigenvalue weighted by molar-refractivity contribution is 0.700. The summed E-state index contributed by atoms with van der Waals surface area (Å²) < 4.78 is 29.3. The van der Waals surface area contributed by atoms with Crippen molar-refractivity contribution < 1.29 is 8.78 Å². The van der Waals surface area contributed by atoms with Gasteiger partial charge in [0.1, 0.15) is 0 Å². The van der Waals surface area contributed by atoms with Gasteiger partial charge in [0, 0.05) is 11.1 Å². The molecule has 0 fully saturated rings. The zero-order chi connectivity index (χ0) is 18.5. The normalized spacial score (nSPS) is 12.1. The highest BCUT2D eigenvalue weighted by Crippen LogP contribution is 2.31. The zero-order valence-electron chi connectivity index (χ0n) is 14.9. The van der Waals surface area contributed by atoms with E-state index in [1.54, 1.807) is 24.3 Å². The first kappa shape index (κ1) is 18.1. The molecule has 26 heavy (non-hydrogen) atoms. The van der Waals surface area contributed by atoms with Gasteiger partial charge >= 0.3 is 0 Å². The average Bonchev–Trinajstić information content (AvgIpc) is 2.70. The molecule has 0 saturated carbocycles. The molecule has 3 aromatic rings. The second-order valence-corrected chi connectivity index (χ2v) is 6.40. The molecule has 0 bridgehead atoms. The van der Waals surface area contributed by atoms with E-state index >= 15 is 0 Å². The lowest BCUT2D eigenvalue weighted by Gasteiger charge is -2.06. The molecule has 0 aliphatic heterocycles. The van der Waals surface area contributed by atoms with E-state index < -0.39 is 11.7 Å². The van der Waals surface area contributed by atoms with Crippen molar-refractivity contribution in [3.63, 3.8) is 0 Å². The number of aryl methyl sites for hydroxylation is 2. The van der Waals surface area contributed by atoms with Gasteiger partial charge in [0.15, 0.2) is 11.7 Å². The van der Waals surface area contributed by atoms with E-state index in [-0.39, 0.29) is 11.1 Å². The van der Waals surface area contributed by atoms with Crippen molar-refractivity contribution in [2.75, 3.05) is 0 Å². The van der Waals surface area contributed by atoms with Gasteiger partial charge in [-0.25, -0.2) is 8.78 Å². The molecule has 0 nitrogen and oxygen atoms in total. The van der Waals surface area contributed by atoms with Crippen LogP contribution in [0.5, 0.6) is 0 Å². The van der Waals surface area contributed by atoms with Crippen molar-refractivity contribution in [2.24, 2.45) is 0 Å². The van der Waals surface area contributed by atoms with Crippen LogP contribution in [0.15, 0.2) is 73.3 Å². The smallest absolute Gasteiger partial charge is 0.166 e. The Morgan fingerprint density at radius 2 is 1.38 bits per heavy atom. The van der Waals surface area contributed by atoms with Gasteiger partial charge in [0.25, 0.3) is 0 Å². The van der Waals surface area contributed by atoms with E-state index in [0.717, 1.165) is 35.6 Å². The summed E-state index contributed by atoms with van der Waals surface area (Å²) in [5.74, 6) is -1.66. The molecule has 0 aromatic heterocycles. The number of fused-ring (bicyclic) bond motifs is 1. The predicted octanol–water partition coefficient (Wildman–Crippen LogP) is 7.29. The Morgan fingerprint density at radius 1 is 0.808 bits per heavy atom. The third-order valence-electron chi connectivity index (χ3n) is 4.60. The van der Waals surface area contributed by atoms with E-state index in [2.05, 4.69) is 19.6 Å². The van der Waals surface area contributed by atoms with Crippen molar-refractivity contribution in [1.29, 1.82) is 0 Å². The van der Waals surface area contributed by atoms with Gasteiger partial charge in [-0.15, -0.1) is 6.58 Å². The first-order chi connectivity index (χ1) is 12.6. The minimum Gasteiger partial charge on any atom is -0.203 e. The first-order valence-corrected chi connectivity index (χ1v) is 8.91. The Kier molecular flexibility index (Phi) is 5.62. The van der Waals surface area contributed by atoms with Crippen LogP contribution in [-0.4, -0.2) is 0 Å². The standard InChI is InChI=1S/C24H22F2/c1-3-5-6-18-8-10-19(11-9-18)23(25)24(26)22-14-13-20-15-17(4-2)7-12-21(20)16-22/h3,7-16H,1,4-6H2,2H3. The zero-order valence-corrected chi connectivity index (χ0v) is 14.9. The molecule has 0 atom stereocenters. The van der Waals surface area contributed by atoms with Crippen LogP contribution >= 0.6 is 0 Å².